The van der Waals surface area contributed by atoms with Crippen LogP contribution in [0.25, 0.3) is 21.8 Å². The van der Waals surface area contributed by atoms with Gasteiger partial charge in [0, 0.05) is 92.4 Å². The van der Waals surface area contributed by atoms with E-state index in [4.69, 9.17) is 10.5 Å². The van der Waals surface area contributed by atoms with Crippen molar-refractivity contribution in [3.8, 4) is 5.75 Å². The molecule has 0 spiro atoms. The van der Waals surface area contributed by atoms with E-state index in [0.29, 0.717) is 77.3 Å². The third-order valence-electron chi connectivity index (χ3n) is 18.5. The number of halogens is 3. The van der Waals surface area contributed by atoms with Gasteiger partial charge in [0.1, 0.15) is 71.4 Å². The smallest absolute Gasteiger partial charge is 0.246 e. The molecule has 0 aliphatic carbocycles. The molecule has 6 aromatic rings. The first kappa shape index (κ1) is 72.4. The summed E-state index contributed by atoms with van der Waals surface area (Å²) in [5.74, 6) is -8.89. The maximum atomic E-state index is 16.1. The van der Waals surface area contributed by atoms with Gasteiger partial charge in [-0.05, 0) is 136 Å². The van der Waals surface area contributed by atoms with E-state index in [0.717, 1.165) is 16.0 Å². The summed E-state index contributed by atoms with van der Waals surface area (Å²) in [6.07, 6.45) is 0.147. The second-order valence-corrected chi connectivity index (χ2v) is 25.7. The molecule has 10 atom stereocenters. The number of rotatable bonds is 13. The van der Waals surface area contributed by atoms with Crippen molar-refractivity contribution < 1.29 is 71.0 Å². The Kier molecular flexibility index (Phi) is 24.4. The van der Waals surface area contributed by atoms with Crippen LogP contribution in [0.2, 0.25) is 0 Å². The molecular weight excluding hydrogens is 1270 g/mol. The first-order chi connectivity index (χ1) is 46.9. The minimum Gasteiger partial charge on any atom is -0.497 e. The molecule has 4 aliphatic heterocycles. The van der Waals surface area contributed by atoms with E-state index in [-0.39, 0.29) is 63.7 Å². The van der Waals surface area contributed by atoms with Crippen LogP contribution in [0.3, 0.4) is 0 Å². The number of aliphatic hydroxyl groups is 1. The van der Waals surface area contributed by atoms with E-state index in [9.17, 15) is 47.4 Å². The highest BCUT2D eigenvalue weighted by atomic mass is 19.1. The molecule has 4 aromatic carbocycles. The first-order valence-corrected chi connectivity index (χ1v) is 33.1. The molecule has 4 aliphatic rings. The summed E-state index contributed by atoms with van der Waals surface area (Å²) in [6.45, 7) is 4.23. The minimum absolute atomic E-state index is 0.117. The molecule has 28 heteroatoms. The van der Waals surface area contributed by atoms with Crippen molar-refractivity contribution in [3.05, 3.63) is 137 Å². The van der Waals surface area contributed by atoms with E-state index in [2.05, 4.69) is 52.5 Å². The predicted molar refractivity (Wildman–Crippen MR) is 356 cm³/mol. The van der Waals surface area contributed by atoms with Crippen molar-refractivity contribution in [1.82, 2.24) is 62.3 Å². The maximum Gasteiger partial charge on any atom is 0.246 e. The first-order valence-electron chi connectivity index (χ1n) is 33.1. The summed E-state index contributed by atoms with van der Waals surface area (Å²) >= 11 is 0. The Bertz CT molecular complexity index is 3890. The Morgan fingerprint density at radius 2 is 1.24 bits per heavy atom. The van der Waals surface area contributed by atoms with Crippen LogP contribution < -0.4 is 53.0 Å². The number of nitrogens with two attached hydrogens (primary N) is 1. The molecule has 0 unspecified atom stereocenters. The summed E-state index contributed by atoms with van der Waals surface area (Å²) in [4.78, 5) is 153. The zero-order valence-corrected chi connectivity index (χ0v) is 55.2. The number of unbranched alkanes of at least 4 members (excludes halogenated alkanes) is 2. The molecule has 2 saturated heterocycles. The molecule has 2 bridgehead atoms. The number of benzene rings is 4. The molecule has 2 aromatic heterocycles. The highest BCUT2D eigenvalue weighted by Gasteiger charge is 2.49. The Morgan fingerprint density at radius 1 is 0.643 bits per heavy atom. The fraction of sp³-hybridized carbons (Fsp3) is 0.457. The summed E-state index contributed by atoms with van der Waals surface area (Å²) in [7, 11) is 1.48. The molecule has 98 heavy (non-hydrogen) atoms. The van der Waals surface area contributed by atoms with Gasteiger partial charge >= 0.3 is 0 Å². The number of carbonyl (C=O) groups is 10. The number of H-pyrrole nitrogens is 2. The van der Waals surface area contributed by atoms with Gasteiger partial charge in [-0.15, -0.1) is 0 Å². The Hall–Kier alpha value is -9.83. The molecule has 524 valence electrons. The Labute approximate surface area is 564 Å². The molecule has 6 heterocycles. The zero-order valence-electron chi connectivity index (χ0n) is 55.2. The van der Waals surface area contributed by atoms with Crippen LogP contribution in [0.4, 0.5) is 13.2 Å². The number of alkyl halides is 1. The molecule has 10 amide bonds. The van der Waals surface area contributed by atoms with Gasteiger partial charge in [0.25, 0.3) is 0 Å². The number of fused-ring (bicyclic) bond motifs is 30. The van der Waals surface area contributed by atoms with Gasteiger partial charge in [-0.25, -0.2) is 13.2 Å². The van der Waals surface area contributed by atoms with Crippen LogP contribution in [0.1, 0.15) is 106 Å². The van der Waals surface area contributed by atoms with Crippen molar-refractivity contribution in [1.29, 1.82) is 0 Å². The van der Waals surface area contributed by atoms with Crippen molar-refractivity contribution in [2.24, 2.45) is 5.73 Å². The maximum absolute atomic E-state index is 16.1. The average Bonchev–Trinajstić information content (AvgIpc) is 1.60. The van der Waals surface area contributed by atoms with Crippen LogP contribution in [-0.2, 0) is 80.2 Å². The van der Waals surface area contributed by atoms with Gasteiger partial charge < -0.3 is 77.9 Å². The molecule has 10 rings (SSSR count). The van der Waals surface area contributed by atoms with E-state index in [1.54, 1.807) is 43.3 Å². The fourth-order valence-electron chi connectivity index (χ4n) is 12.8. The number of aromatic nitrogens is 2. The summed E-state index contributed by atoms with van der Waals surface area (Å²) < 4.78 is 51.3. The van der Waals surface area contributed by atoms with Crippen molar-refractivity contribution in [2.45, 2.75) is 171 Å². The van der Waals surface area contributed by atoms with Gasteiger partial charge in [-0.3, -0.25) is 47.9 Å². The average molecular weight is 1360 g/mol. The number of hydrogen-bond donors (Lipinski definition) is 12. The van der Waals surface area contributed by atoms with Gasteiger partial charge in [0.15, 0.2) is 0 Å². The van der Waals surface area contributed by atoms with Gasteiger partial charge in [-0.2, -0.15) is 0 Å². The number of methoxy groups -OCH3 is 1. The molecule has 2 fully saturated rings. The van der Waals surface area contributed by atoms with E-state index < -0.39 is 150 Å². The normalized spacial score (nSPS) is 24.7. The molecular formula is C70H86F3N13O12. The second-order valence-electron chi connectivity index (χ2n) is 25.7. The number of nitrogens with one attached hydrogen (secondary N) is 10. The van der Waals surface area contributed by atoms with Gasteiger partial charge in [-0.1, -0.05) is 49.2 Å². The lowest BCUT2D eigenvalue weighted by Crippen LogP contribution is -2.63. The monoisotopic (exact) mass is 1360 g/mol. The van der Waals surface area contributed by atoms with Crippen molar-refractivity contribution in [3.63, 3.8) is 0 Å². The van der Waals surface area contributed by atoms with Crippen molar-refractivity contribution >= 4 is 80.9 Å². The largest absolute Gasteiger partial charge is 0.497 e. The van der Waals surface area contributed by atoms with Crippen LogP contribution in [-0.4, -0.2) is 177 Å². The lowest BCUT2D eigenvalue weighted by atomic mass is 9.95. The van der Waals surface area contributed by atoms with E-state index >= 15 is 18.8 Å². The van der Waals surface area contributed by atoms with Crippen LogP contribution in [0.5, 0.6) is 5.75 Å². The number of amides is 10. The third-order valence-corrected chi connectivity index (χ3v) is 18.5. The van der Waals surface area contributed by atoms with Crippen molar-refractivity contribution in [2.75, 3.05) is 33.3 Å². The summed E-state index contributed by atoms with van der Waals surface area (Å²) in [5.41, 5.74) is 7.97. The van der Waals surface area contributed by atoms with Crippen LogP contribution in [0.15, 0.2) is 97.3 Å². The highest BCUT2D eigenvalue weighted by Crippen LogP contribution is 2.32. The number of aromatic amines is 2. The van der Waals surface area contributed by atoms with Gasteiger partial charge in [0.05, 0.1) is 19.8 Å². The van der Waals surface area contributed by atoms with Crippen LogP contribution in [0, 0.1) is 11.6 Å². The fourth-order valence-corrected chi connectivity index (χ4v) is 12.8. The SMILES string of the molecule is COc1ccc(C[C@@H]2NC(=O)[C@H]([C@H](C)O)NC(=O)[C@@H]3C[C@H](F)CN3C(=O)[C@H](Cc3c[nH]c4ccc(F)cc34)NC(=O)[C@H](Cc3c[nH]c4ccc(F)cc34)NC(=O)[C@@H](C)NC(=O)[C@H](CCCCCN)NC(=O)CCC(=O)NCc3ccc(cc3)CCNC(=O)[C@]3(C)CCCN3C2=O)cc1. The number of hydrogen-bond acceptors (Lipinski definition) is 13. The van der Waals surface area contributed by atoms with E-state index in [1.165, 1.54) is 74.6 Å². The quantitative estimate of drug-likeness (QED) is 0.0586. The molecule has 25 nitrogen and oxygen atoms in total. The lowest BCUT2D eigenvalue weighted by Gasteiger charge is -2.37. The second kappa shape index (κ2) is 32.9. The number of nitrogens with zero attached hydrogens (tertiary/aromatic N) is 2. The van der Waals surface area contributed by atoms with Gasteiger partial charge in [0.2, 0.25) is 59.1 Å². The van der Waals surface area contributed by atoms with E-state index in [1.807, 2.05) is 12.1 Å². The summed E-state index contributed by atoms with van der Waals surface area (Å²) in [5, 5.41) is 33.6. The lowest BCUT2D eigenvalue weighted by molar-refractivity contribution is -0.147. The number of carbonyl (C=O) groups excluding carboxylic acids is 10. The number of ether oxygens (including phenoxy) is 1. The predicted octanol–water partition coefficient (Wildman–Crippen LogP) is 2.88. The highest BCUT2D eigenvalue weighted by molar-refractivity contribution is 6.00. The Morgan fingerprint density at radius 3 is 1.89 bits per heavy atom. The topological polar surface area (TPSA) is 360 Å². The summed E-state index contributed by atoms with van der Waals surface area (Å²) in [6, 6.07) is 10.7. The minimum atomic E-state index is -1.86. The Balaban J connectivity index is 1.05. The standard InChI is InChI=1S/C70H86F3N13O12/c1-39-62(90)81-55(30-44-36-76-52-20-16-46(71)32-50(44)52)64(92)82-57(31-45-37-77-53-21-17-47(72)33-51(45)53)67(95)85-38-48(73)34-58(85)65(93)84-61(40(2)87)66(94)83-56(29-42-14-18-49(98-4)19-15-42)68(96)86-28-8-25-70(86,3)69(97)75-27-24-41-10-12-43(13-11-41)35-78-59(88)22-23-60(89)80-54(63(91)79-39)9-6-5-7-26-74/h10-21,32-33,36-37,39-40,48,54-58,61,76-77,87H,5-9,22-31,34-35,38,74H2,1-4H3,(H,75,97)(H,78,88)(H,79,91)(H,80,89)(H,81,90)(H,82,92)(H,83,94)(H,84,93)/t39-,40+,48+,54+,55+,56+,57+,58+,61+,70+/m1/s1. The van der Waals surface area contributed by atoms with Crippen LogP contribution >= 0.6 is 0 Å². The molecule has 0 radical (unpaired) electrons. The molecule has 13 N–H and O–H groups in total. The number of aliphatic hydroxyl groups excluding tert-OH is 1. The molecule has 0 saturated carbocycles. The zero-order chi connectivity index (χ0) is 70.4. The third kappa shape index (κ3) is 18.2.